The first-order chi connectivity index (χ1) is 11.7. The van der Waals surface area contributed by atoms with E-state index in [1.807, 2.05) is 12.1 Å². The number of aromatic nitrogens is 2. The number of urea groups is 1. The Balaban J connectivity index is 1.84. The lowest BCUT2D eigenvalue weighted by Gasteiger charge is -2.20. The maximum absolute atomic E-state index is 11.8. The molecule has 0 saturated carbocycles. The lowest BCUT2D eigenvalue weighted by Crippen LogP contribution is -2.28. The van der Waals surface area contributed by atoms with Crippen LogP contribution in [0.5, 0.6) is 0 Å². The van der Waals surface area contributed by atoms with Crippen LogP contribution in [0.1, 0.15) is 37.8 Å². The minimum atomic E-state index is -0.236. The molecule has 0 radical (unpaired) electrons. The molecule has 0 unspecified atom stereocenters. The molecule has 0 saturated heterocycles. The van der Waals surface area contributed by atoms with E-state index in [2.05, 4.69) is 51.7 Å². The Morgan fingerprint density at radius 2 is 2.12 bits per heavy atom. The van der Waals surface area contributed by atoms with Gasteiger partial charge in [0.2, 0.25) is 0 Å². The third-order valence-corrected chi connectivity index (χ3v) is 3.88. The minimum Gasteiger partial charge on any atom is -0.334 e. The number of nitrogens with zero attached hydrogens (tertiary/aromatic N) is 2. The molecule has 2 amide bonds. The Labute approximate surface area is 143 Å². The van der Waals surface area contributed by atoms with E-state index >= 15 is 0 Å². The molecule has 0 atom stereocenters. The summed E-state index contributed by atoms with van der Waals surface area (Å²) in [5, 5.41) is 12.0. The second kappa shape index (κ2) is 9.72. The van der Waals surface area contributed by atoms with Gasteiger partial charge in [0.1, 0.15) is 0 Å². The first-order valence-corrected chi connectivity index (χ1v) is 8.55. The molecule has 1 heterocycles. The molecular formula is C18H27N5O. The van der Waals surface area contributed by atoms with Crippen molar-refractivity contribution in [3.8, 4) is 0 Å². The van der Waals surface area contributed by atoms with E-state index < -0.39 is 0 Å². The summed E-state index contributed by atoms with van der Waals surface area (Å²) in [6.07, 6.45) is 5.64. The zero-order chi connectivity index (χ0) is 17.2. The molecule has 1 aromatic carbocycles. The van der Waals surface area contributed by atoms with Crippen molar-refractivity contribution in [2.24, 2.45) is 0 Å². The molecule has 0 aliphatic carbocycles. The fraction of sp³-hybridized carbons (Fsp3) is 0.444. The van der Waals surface area contributed by atoms with E-state index in [4.69, 9.17) is 0 Å². The van der Waals surface area contributed by atoms with Gasteiger partial charge in [0, 0.05) is 19.3 Å². The Morgan fingerprint density at radius 3 is 2.83 bits per heavy atom. The summed E-state index contributed by atoms with van der Waals surface area (Å²) in [7, 11) is 0. The second-order valence-corrected chi connectivity index (χ2v) is 5.84. The Morgan fingerprint density at radius 1 is 1.29 bits per heavy atom. The maximum atomic E-state index is 11.8. The average molecular weight is 329 g/mol. The van der Waals surface area contributed by atoms with Crippen LogP contribution in [0.3, 0.4) is 0 Å². The minimum absolute atomic E-state index is 0.236. The highest BCUT2D eigenvalue weighted by Gasteiger charge is 2.05. The molecule has 6 heteroatoms. The SMILES string of the molecule is CCCCN(CC)Cc1cccc(CNC(=O)Nc2cn[nH]c2)c1. The summed E-state index contributed by atoms with van der Waals surface area (Å²) in [5.74, 6) is 0. The van der Waals surface area contributed by atoms with Crippen LogP contribution in [0.2, 0.25) is 0 Å². The number of H-pyrrole nitrogens is 1. The molecule has 0 aliphatic rings. The molecule has 0 spiro atoms. The van der Waals surface area contributed by atoms with Gasteiger partial charge in [-0.25, -0.2) is 4.79 Å². The van der Waals surface area contributed by atoms with Crippen molar-refractivity contribution in [2.45, 2.75) is 39.8 Å². The van der Waals surface area contributed by atoms with Crippen LogP contribution >= 0.6 is 0 Å². The van der Waals surface area contributed by atoms with Gasteiger partial charge in [0.05, 0.1) is 11.9 Å². The number of amides is 2. The molecule has 130 valence electrons. The highest BCUT2D eigenvalue weighted by Crippen LogP contribution is 2.09. The molecular weight excluding hydrogens is 302 g/mol. The number of carbonyl (C=O) groups excluding carboxylic acids is 1. The van der Waals surface area contributed by atoms with Crippen LogP contribution in [0, 0.1) is 0 Å². The molecule has 0 bridgehead atoms. The van der Waals surface area contributed by atoms with Gasteiger partial charge in [0.25, 0.3) is 0 Å². The number of rotatable bonds is 9. The molecule has 2 rings (SSSR count). The highest BCUT2D eigenvalue weighted by molar-refractivity contribution is 5.88. The summed E-state index contributed by atoms with van der Waals surface area (Å²) >= 11 is 0. The van der Waals surface area contributed by atoms with Gasteiger partial charge in [-0.1, -0.05) is 44.5 Å². The van der Waals surface area contributed by atoms with Gasteiger partial charge in [-0.05, 0) is 30.6 Å². The normalized spacial score (nSPS) is 10.8. The Kier molecular flexibility index (Phi) is 7.29. The first-order valence-electron chi connectivity index (χ1n) is 8.55. The van der Waals surface area contributed by atoms with Crippen molar-refractivity contribution < 1.29 is 4.79 Å². The number of hydrogen-bond donors (Lipinski definition) is 3. The first kappa shape index (κ1) is 18.0. The van der Waals surface area contributed by atoms with Crippen molar-refractivity contribution in [3.63, 3.8) is 0 Å². The van der Waals surface area contributed by atoms with Crippen molar-refractivity contribution >= 4 is 11.7 Å². The van der Waals surface area contributed by atoms with Crippen LogP contribution in [0.15, 0.2) is 36.7 Å². The zero-order valence-electron chi connectivity index (χ0n) is 14.5. The van der Waals surface area contributed by atoms with Crippen LogP contribution in [0.25, 0.3) is 0 Å². The highest BCUT2D eigenvalue weighted by atomic mass is 16.2. The monoisotopic (exact) mass is 329 g/mol. The van der Waals surface area contributed by atoms with Crippen LogP contribution in [-0.2, 0) is 13.1 Å². The number of anilines is 1. The Hall–Kier alpha value is -2.34. The summed E-state index contributed by atoms with van der Waals surface area (Å²) in [5.41, 5.74) is 3.03. The van der Waals surface area contributed by atoms with Crippen molar-refractivity contribution in [1.82, 2.24) is 20.4 Å². The molecule has 2 aromatic rings. The Bertz CT molecular complexity index is 612. The van der Waals surface area contributed by atoms with E-state index in [0.717, 1.165) is 25.2 Å². The van der Waals surface area contributed by atoms with E-state index in [1.54, 1.807) is 12.4 Å². The third-order valence-electron chi connectivity index (χ3n) is 3.88. The van der Waals surface area contributed by atoms with Crippen molar-refractivity contribution in [2.75, 3.05) is 18.4 Å². The number of unbranched alkanes of at least 4 members (excludes halogenated alkanes) is 1. The fourth-order valence-corrected chi connectivity index (χ4v) is 2.50. The molecule has 24 heavy (non-hydrogen) atoms. The summed E-state index contributed by atoms with van der Waals surface area (Å²) in [6, 6.07) is 8.15. The quantitative estimate of drug-likeness (QED) is 0.660. The van der Waals surface area contributed by atoms with Gasteiger partial charge >= 0.3 is 6.03 Å². The van der Waals surface area contributed by atoms with Crippen LogP contribution < -0.4 is 10.6 Å². The van der Waals surface area contributed by atoms with Crippen LogP contribution in [-0.4, -0.2) is 34.2 Å². The average Bonchev–Trinajstić information content (AvgIpc) is 3.10. The molecule has 6 nitrogen and oxygen atoms in total. The number of carbonyl (C=O) groups is 1. The number of aromatic amines is 1. The van der Waals surface area contributed by atoms with Crippen molar-refractivity contribution in [1.29, 1.82) is 0 Å². The van der Waals surface area contributed by atoms with Crippen LogP contribution in [0.4, 0.5) is 10.5 Å². The number of nitrogens with one attached hydrogen (secondary N) is 3. The summed E-state index contributed by atoms with van der Waals surface area (Å²) in [4.78, 5) is 14.3. The molecule has 3 N–H and O–H groups in total. The second-order valence-electron chi connectivity index (χ2n) is 5.84. The lowest BCUT2D eigenvalue weighted by molar-refractivity contribution is 0.251. The molecule has 0 fully saturated rings. The van der Waals surface area contributed by atoms with Gasteiger partial charge in [-0.3, -0.25) is 10.00 Å². The van der Waals surface area contributed by atoms with E-state index in [9.17, 15) is 4.79 Å². The van der Waals surface area contributed by atoms with E-state index in [0.29, 0.717) is 12.2 Å². The van der Waals surface area contributed by atoms with E-state index in [1.165, 1.54) is 18.4 Å². The smallest absolute Gasteiger partial charge is 0.319 e. The van der Waals surface area contributed by atoms with Crippen molar-refractivity contribution in [3.05, 3.63) is 47.8 Å². The zero-order valence-corrected chi connectivity index (χ0v) is 14.5. The standard InChI is InChI=1S/C18H27N5O/c1-3-5-9-23(4-2)14-16-8-6-7-15(10-16)11-19-18(24)22-17-12-20-21-13-17/h6-8,10,12-13H,3-5,9,11,14H2,1-2H3,(H,20,21)(H2,19,22,24). The maximum Gasteiger partial charge on any atom is 0.319 e. The third kappa shape index (κ3) is 6.04. The number of benzene rings is 1. The van der Waals surface area contributed by atoms with Gasteiger partial charge in [0.15, 0.2) is 0 Å². The topological polar surface area (TPSA) is 73.1 Å². The predicted octanol–water partition coefficient (Wildman–Crippen LogP) is 3.35. The fourth-order valence-electron chi connectivity index (χ4n) is 2.50. The number of hydrogen-bond acceptors (Lipinski definition) is 3. The predicted molar refractivity (Wildman–Crippen MR) is 96.7 cm³/mol. The summed E-state index contributed by atoms with van der Waals surface area (Å²) < 4.78 is 0. The molecule has 0 aliphatic heterocycles. The lowest BCUT2D eigenvalue weighted by atomic mass is 10.1. The van der Waals surface area contributed by atoms with Gasteiger partial charge in [-0.2, -0.15) is 5.10 Å². The van der Waals surface area contributed by atoms with Gasteiger partial charge in [-0.15, -0.1) is 0 Å². The molecule has 1 aromatic heterocycles. The van der Waals surface area contributed by atoms with E-state index in [-0.39, 0.29) is 6.03 Å². The summed E-state index contributed by atoms with van der Waals surface area (Å²) in [6.45, 7) is 8.04. The van der Waals surface area contributed by atoms with Gasteiger partial charge < -0.3 is 10.6 Å². The largest absolute Gasteiger partial charge is 0.334 e.